The number of nitrogens with zero attached hydrogens (tertiary/aromatic N) is 2. The smallest absolute Gasteiger partial charge is 0.338 e. The maximum absolute atomic E-state index is 12.9. The highest BCUT2D eigenvalue weighted by Gasteiger charge is 2.17. The van der Waals surface area contributed by atoms with Gasteiger partial charge in [0.05, 0.1) is 12.7 Å². The van der Waals surface area contributed by atoms with Gasteiger partial charge in [-0.2, -0.15) is 0 Å². The van der Waals surface area contributed by atoms with E-state index in [0.29, 0.717) is 16.9 Å². The van der Waals surface area contributed by atoms with Gasteiger partial charge in [0.2, 0.25) is 0 Å². The summed E-state index contributed by atoms with van der Waals surface area (Å²) in [4.78, 5) is 31.3. The van der Waals surface area contributed by atoms with Crippen molar-refractivity contribution in [3.05, 3.63) is 59.3 Å². The number of rotatable bonds is 7. The molecule has 0 aliphatic heterocycles. The third kappa shape index (κ3) is 5.22. The van der Waals surface area contributed by atoms with Crippen LogP contribution in [0, 0.1) is 6.92 Å². The van der Waals surface area contributed by atoms with E-state index in [1.54, 1.807) is 31.2 Å². The molecule has 1 amide bonds. The number of amides is 1. The molecule has 1 aromatic carbocycles. The summed E-state index contributed by atoms with van der Waals surface area (Å²) in [5, 5.41) is 2.86. The number of pyridine rings is 1. The highest BCUT2D eigenvalue weighted by molar-refractivity contribution is 6.04. The first-order chi connectivity index (χ1) is 13.7. The molecule has 154 valence electrons. The average Bonchev–Trinajstić information content (AvgIpc) is 2.67. The van der Waals surface area contributed by atoms with Gasteiger partial charge in [-0.3, -0.25) is 4.79 Å². The molecule has 2 rings (SSSR count). The van der Waals surface area contributed by atoms with Crippen LogP contribution < -0.4 is 10.2 Å². The van der Waals surface area contributed by atoms with Crippen LogP contribution in [0.2, 0.25) is 0 Å². The van der Waals surface area contributed by atoms with E-state index in [1.807, 2.05) is 13.0 Å². The standard InChI is InChI=1S/C23H29N3O3/c1-8-26(15(4)5)21-13-17(14(2)3)12-20(25-21)22(27)24-18-9-10-19(16(6)11-18)23(28)29-7/h9-13,15H,2,8H2,1,3-7H3,(H,24,27). The Bertz CT molecular complexity index is 935. The summed E-state index contributed by atoms with van der Waals surface area (Å²) in [5.74, 6) is 0.0129. The number of hydrogen-bond acceptors (Lipinski definition) is 5. The molecule has 6 nitrogen and oxygen atoms in total. The zero-order valence-electron chi connectivity index (χ0n) is 18.0. The van der Waals surface area contributed by atoms with Crippen molar-refractivity contribution >= 4 is 29.0 Å². The Kier molecular flexibility index (Phi) is 7.15. The number of aryl methyl sites for hydroxylation is 1. The third-order valence-corrected chi connectivity index (χ3v) is 4.69. The molecule has 0 saturated carbocycles. The molecule has 29 heavy (non-hydrogen) atoms. The lowest BCUT2D eigenvalue weighted by Crippen LogP contribution is -2.31. The zero-order valence-corrected chi connectivity index (χ0v) is 18.0. The predicted octanol–water partition coefficient (Wildman–Crippen LogP) is 4.70. The highest BCUT2D eigenvalue weighted by Crippen LogP contribution is 2.23. The fourth-order valence-corrected chi connectivity index (χ4v) is 3.09. The number of methoxy groups -OCH3 is 1. The maximum atomic E-state index is 12.9. The minimum Gasteiger partial charge on any atom is -0.465 e. The third-order valence-electron chi connectivity index (χ3n) is 4.69. The van der Waals surface area contributed by atoms with Crippen LogP contribution in [0.1, 0.15) is 59.7 Å². The lowest BCUT2D eigenvalue weighted by Gasteiger charge is -2.27. The van der Waals surface area contributed by atoms with Gasteiger partial charge in [0.25, 0.3) is 5.91 Å². The van der Waals surface area contributed by atoms with Crippen LogP contribution in [0.5, 0.6) is 0 Å². The van der Waals surface area contributed by atoms with Gasteiger partial charge in [0.1, 0.15) is 11.5 Å². The molecule has 2 aromatic rings. The number of ether oxygens (including phenoxy) is 1. The Morgan fingerprint density at radius 1 is 1.24 bits per heavy atom. The van der Waals surface area contributed by atoms with Crippen molar-refractivity contribution in [2.24, 2.45) is 0 Å². The number of allylic oxidation sites excluding steroid dienone is 1. The first-order valence-electron chi connectivity index (χ1n) is 9.62. The van der Waals surface area contributed by atoms with Crippen molar-refractivity contribution in [2.45, 2.75) is 40.7 Å². The topological polar surface area (TPSA) is 71.5 Å². The van der Waals surface area contributed by atoms with E-state index in [2.05, 4.69) is 42.6 Å². The average molecular weight is 396 g/mol. The van der Waals surface area contributed by atoms with Gasteiger partial charge >= 0.3 is 5.97 Å². The molecule has 0 aliphatic carbocycles. The largest absolute Gasteiger partial charge is 0.465 e. The van der Waals surface area contributed by atoms with Crippen LogP contribution in [0.4, 0.5) is 11.5 Å². The normalized spacial score (nSPS) is 10.6. The monoisotopic (exact) mass is 395 g/mol. The van der Waals surface area contributed by atoms with Crippen molar-refractivity contribution in [2.75, 3.05) is 23.9 Å². The molecular formula is C23H29N3O3. The summed E-state index contributed by atoms with van der Waals surface area (Å²) in [6.45, 7) is 14.7. The molecule has 1 N–H and O–H groups in total. The quantitative estimate of drug-likeness (QED) is 0.688. The molecule has 0 aliphatic rings. The predicted molar refractivity (Wildman–Crippen MR) is 118 cm³/mol. The van der Waals surface area contributed by atoms with E-state index in [9.17, 15) is 9.59 Å². The van der Waals surface area contributed by atoms with E-state index < -0.39 is 5.97 Å². The molecule has 6 heteroatoms. The second kappa shape index (κ2) is 9.37. The fourth-order valence-electron chi connectivity index (χ4n) is 3.09. The molecule has 0 radical (unpaired) electrons. The van der Waals surface area contributed by atoms with E-state index >= 15 is 0 Å². The lowest BCUT2D eigenvalue weighted by molar-refractivity contribution is 0.0600. The Labute approximate surface area is 172 Å². The van der Waals surface area contributed by atoms with Gasteiger partial charge in [-0.15, -0.1) is 0 Å². The minimum absolute atomic E-state index is 0.247. The first-order valence-corrected chi connectivity index (χ1v) is 9.62. The van der Waals surface area contributed by atoms with E-state index in [-0.39, 0.29) is 11.9 Å². The maximum Gasteiger partial charge on any atom is 0.338 e. The highest BCUT2D eigenvalue weighted by atomic mass is 16.5. The fraction of sp³-hybridized carbons (Fsp3) is 0.348. The van der Waals surface area contributed by atoms with Crippen LogP contribution >= 0.6 is 0 Å². The van der Waals surface area contributed by atoms with Gasteiger partial charge < -0.3 is 15.0 Å². The molecule has 0 bridgehead atoms. The Morgan fingerprint density at radius 3 is 2.45 bits per heavy atom. The van der Waals surface area contributed by atoms with Crippen molar-refractivity contribution in [3.8, 4) is 0 Å². The number of benzene rings is 1. The van der Waals surface area contributed by atoms with Crippen LogP contribution in [-0.4, -0.2) is 36.6 Å². The molecule has 0 fully saturated rings. The van der Waals surface area contributed by atoms with E-state index in [4.69, 9.17) is 4.74 Å². The Balaban J connectivity index is 2.37. The molecule has 1 aromatic heterocycles. The summed E-state index contributed by atoms with van der Waals surface area (Å²) >= 11 is 0. The summed E-state index contributed by atoms with van der Waals surface area (Å²) < 4.78 is 4.76. The van der Waals surface area contributed by atoms with Crippen LogP contribution in [-0.2, 0) is 4.74 Å². The van der Waals surface area contributed by atoms with Gasteiger partial charge in [-0.05, 0) is 76.1 Å². The van der Waals surface area contributed by atoms with Gasteiger partial charge in [0.15, 0.2) is 0 Å². The summed E-state index contributed by atoms with van der Waals surface area (Å²) in [5.41, 5.74) is 3.81. The molecule has 0 unspecified atom stereocenters. The number of esters is 1. The van der Waals surface area contributed by atoms with E-state index in [1.165, 1.54) is 7.11 Å². The molecule has 0 saturated heterocycles. The van der Waals surface area contributed by atoms with Gasteiger partial charge in [-0.1, -0.05) is 12.2 Å². The lowest BCUT2D eigenvalue weighted by atomic mass is 10.1. The number of aromatic nitrogens is 1. The molecular weight excluding hydrogens is 366 g/mol. The van der Waals surface area contributed by atoms with E-state index in [0.717, 1.165) is 29.1 Å². The van der Waals surface area contributed by atoms with Crippen LogP contribution in [0.3, 0.4) is 0 Å². The second-order valence-electron chi connectivity index (χ2n) is 7.23. The summed E-state index contributed by atoms with van der Waals surface area (Å²) in [7, 11) is 1.34. The van der Waals surface area contributed by atoms with Crippen molar-refractivity contribution < 1.29 is 14.3 Å². The number of nitrogens with one attached hydrogen (secondary N) is 1. The molecule has 0 atom stereocenters. The minimum atomic E-state index is -0.408. The number of carbonyl (C=O) groups is 2. The molecule has 0 spiro atoms. The van der Waals surface area contributed by atoms with Crippen molar-refractivity contribution in [3.63, 3.8) is 0 Å². The van der Waals surface area contributed by atoms with Crippen LogP contribution in [0.25, 0.3) is 5.57 Å². The number of anilines is 2. The summed E-state index contributed by atoms with van der Waals surface area (Å²) in [6.07, 6.45) is 0. The second-order valence-corrected chi connectivity index (χ2v) is 7.23. The zero-order chi connectivity index (χ0) is 21.7. The SMILES string of the molecule is C=C(C)c1cc(C(=O)Nc2ccc(C(=O)OC)c(C)c2)nc(N(CC)C(C)C)c1. The van der Waals surface area contributed by atoms with Crippen molar-refractivity contribution in [1.29, 1.82) is 0 Å². The Hall–Kier alpha value is -3.15. The Morgan fingerprint density at radius 2 is 1.93 bits per heavy atom. The van der Waals surface area contributed by atoms with Crippen molar-refractivity contribution in [1.82, 2.24) is 4.98 Å². The van der Waals surface area contributed by atoms with Gasteiger partial charge in [-0.25, -0.2) is 9.78 Å². The summed E-state index contributed by atoms with van der Waals surface area (Å²) in [6, 6.07) is 8.99. The number of hydrogen-bond donors (Lipinski definition) is 1. The molecule has 1 heterocycles. The first kappa shape index (κ1) is 22.1. The van der Waals surface area contributed by atoms with Gasteiger partial charge in [0, 0.05) is 18.3 Å². The van der Waals surface area contributed by atoms with Crippen LogP contribution in [0.15, 0.2) is 36.9 Å². The number of carbonyl (C=O) groups excluding carboxylic acids is 2.